The van der Waals surface area contributed by atoms with Crippen LogP contribution >= 0.6 is 22.7 Å². The van der Waals surface area contributed by atoms with Crippen LogP contribution < -0.4 is 5.73 Å². The number of carbonyl (C=O) groups excluding carboxylic acids is 1. The van der Waals surface area contributed by atoms with Crippen molar-refractivity contribution in [2.24, 2.45) is 0 Å². The highest BCUT2D eigenvalue weighted by atomic mass is 32.1. The van der Waals surface area contributed by atoms with Crippen molar-refractivity contribution in [3.8, 4) is 9.75 Å². The number of nitrogens with zero attached hydrogens (tertiary/aromatic N) is 1. The molecule has 0 atom stereocenters. The molecule has 0 saturated carbocycles. The van der Waals surface area contributed by atoms with Crippen molar-refractivity contribution in [2.45, 2.75) is 6.92 Å². The fourth-order valence-electron chi connectivity index (χ4n) is 1.30. The lowest BCUT2D eigenvalue weighted by Crippen LogP contribution is -2.03. The zero-order valence-corrected chi connectivity index (χ0v) is 10.4. The van der Waals surface area contributed by atoms with E-state index in [1.165, 1.54) is 23.3 Å². The molecule has 0 aromatic carbocycles. The molecule has 84 valence electrons. The number of nitrogens with two attached hydrogens (primary N) is 1. The van der Waals surface area contributed by atoms with Crippen LogP contribution in [0.5, 0.6) is 0 Å². The summed E-state index contributed by atoms with van der Waals surface area (Å²) in [6, 6.07) is 3.95. The van der Waals surface area contributed by atoms with Crippen molar-refractivity contribution in [1.82, 2.24) is 4.98 Å². The van der Waals surface area contributed by atoms with Gasteiger partial charge in [-0.05, 0) is 19.1 Å². The Morgan fingerprint density at radius 2 is 2.19 bits per heavy atom. The van der Waals surface area contributed by atoms with Gasteiger partial charge >= 0.3 is 5.97 Å². The average molecular weight is 254 g/mol. The van der Waals surface area contributed by atoms with E-state index in [2.05, 4.69) is 9.72 Å². The summed E-state index contributed by atoms with van der Waals surface area (Å²) in [5.41, 5.74) is 5.92. The van der Waals surface area contributed by atoms with Crippen LogP contribution in [0.25, 0.3) is 9.75 Å². The van der Waals surface area contributed by atoms with Gasteiger partial charge in [-0.2, -0.15) is 0 Å². The van der Waals surface area contributed by atoms with Crippen LogP contribution in [0.1, 0.15) is 15.4 Å². The van der Waals surface area contributed by atoms with E-state index in [0.717, 1.165) is 9.75 Å². The smallest absolute Gasteiger partial charge is 0.358 e. The molecule has 0 radical (unpaired) electrons. The number of hydrogen-bond acceptors (Lipinski definition) is 6. The zero-order chi connectivity index (χ0) is 11.7. The lowest BCUT2D eigenvalue weighted by molar-refractivity contribution is 0.0596. The van der Waals surface area contributed by atoms with Gasteiger partial charge in [0.05, 0.1) is 12.0 Å². The van der Waals surface area contributed by atoms with Crippen LogP contribution in [0.4, 0.5) is 5.13 Å². The van der Waals surface area contributed by atoms with E-state index in [9.17, 15) is 4.79 Å². The van der Waals surface area contributed by atoms with Crippen LogP contribution in [0.15, 0.2) is 12.1 Å². The number of carbonyl (C=O) groups is 1. The Kier molecular flexibility index (Phi) is 2.93. The fraction of sp³-hybridized carbons (Fsp3) is 0.200. The highest BCUT2D eigenvalue weighted by Crippen LogP contribution is 2.36. The van der Waals surface area contributed by atoms with Crippen molar-refractivity contribution in [3.63, 3.8) is 0 Å². The molecule has 2 aromatic heterocycles. The van der Waals surface area contributed by atoms with Gasteiger partial charge in [-0.3, -0.25) is 0 Å². The van der Waals surface area contributed by atoms with E-state index in [1.807, 2.05) is 19.1 Å². The van der Waals surface area contributed by atoms with Gasteiger partial charge < -0.3 is 10.5 Å². The quantitative estimate of drug-likeness (QED) is 0.836. The first-order valence-corrected chi connectivity index (χ1v) is 6.16. The third-order valence-corrected chi connectivity index (χ3v) is 4.05. The van der Waals surface area contributed by atoms with Crippen molar-refractivity contribution in [1.29, 1.82) is 0 Å². The molecule has 0 aliphatic heterocycles. The summed E-state index contributed by atoms with van der Waals surface area (Å²) in [4.78, 5) is 18.4. The summed E-state index contributed by atoms with van der Waals surface area (Å²) in [5, 5.41) is 0.376. The van der Waals surface area contributed by atoms with Gasteiger partial charge in [-0.25, -0.2) is 9.78 Å². The molecule has 0 spiro atoms. The molecule has 0 unspecified atom stereocenters. The van der Waals surface area contributed by atoms with E-state index in [4.69, 9.17) is 5.73 Å². The molecule has 2 N–H and O–H groups in total. The molecule has 6 heteroatoms. The maximum atomic E-state index is 11.5. The molecular formula is C10H10N2O2S2. The lowest BCUT2D eigenvalue weighted by atomic mass is 10.3. The molecule has 4 nitrogen and oxygen atoms in total. The SMILES string of the molecule is COC(=O)c1nc(N)sc1-c1ccc(C)s1. The van der Waals surface area contributed by atoms with Gasteiger partial charge in [0.25, 0.3) is 0 Å². The first kappa shape index (κ1) is 11.1. The summed E-state index contributed by atoms with van der Waals surface area (Å²) < 4.78 is 4.67. The third-order valence-electron chi connectivity index (χ3n) is 1.99. The predicted molar refractivity (Wildman–Crippen MR) is 65.9 cm³/mol. The number of aryl methyl sites for hydroxylation is 1. The number of nitrogen functional groups attached to an aromatic ring is 1. The Morgan fingerprint density at radius 3 is 2.75 bits per heavy atom. The van der Waals surface area contributed by atoms with E-state index >= 15 is 0 Å². The maximum Gasteiger partial charge on any atom is 0.358 e. The molecule has 16 heavy (non-hydrogen) atoms. The summed E-state index contributed by atoms with van der Waals surface area (Å²) in [6.07, 6.45) is 0. The normalized spacial score (nSPS) is 10.4. The van der Waals surface area contributed by atoms with E-state index in [-0.39, 0.29) is 0 Å². The van der Waals surface area contributed by atoms with E-state index in [0.29, 0.717) is 10.8 Å². The summed E-state index contributed by atoms with van der Waals surface area (Å²) in [6.45, 7) is 2.01. The Balaban J connectivity index is 2.52. The third kappa shape index (κ3) is 1.94. The van der Waals surface area contributed by atoms with E-state index < -0.39 is 5.97 Å². The lowest BCUT2D eigenvalue weighted by Gasteiger charge is -1.96. The Morgan fingerprint density at radius 1 is 1.44 bits per heavy atom. The monoisotopic (exact) mass is 254 g/mol. The molecule has 0 bridgehead atoms. The number of rotatable bonds is 2. The molecule has 2 aromatic rings. The molecule has 0 aliphatic rings. The number of aromatic nitrogens is 1. The van der Waals surface area contributed by atoms with Gasteiger partial charge in [-0.15, -0.1) is 11.3 Å². The molecule has 0 saturated heterocycles. The first-order chi connectivity index (χ1) is 7.61. The van der Waals surface area contributed by atoms with Crippen LogP contribution in [0.2, 0.25) is 0 Å². The van der Waals surface area contributed by atoms with Crippen molar-refractivity contribution < 1.29 is 9.53 Å². The first-order valence-electron chi connectivity index (χ1n) is 4.53. The second-order valence-corrected chi connectivity index (χ2v) is 5.45. The summed E-state index contributed by atoms with van der Waals surface area (Å²) in [5.74, 6) is -0.450. The van der Waals surface area contributed by atoms with Crippen LogP contribution in [-0.4, -0.2) is 18.1 Å². The Hall–Kier alpha value is -1.40. The highest BCUT2D eigenvalue weighted by Gasteiger charge is 2.20. The van der Waals surface area contributed by atoms with Gasteiger partial charge in [0, 0.05) is 9.75 Å². The van der Waals surface area contributed by atoms with Gasteiger partial charge in [0.2, 0.25) is 0 Å². The summed E-state index contributed by atoms with van der Waals surface area (Å²) in [7, 11) is 1.33. The second kappa shape index (κ2) is 4.23. The van der Waals surface area contributed by atoms with Gasteiger partial charge in [0.15, 0.2) is 10.8 Å². The number of thiophene rings is 1. The Labute approximate surface area is 101 Å². The molecule has 2 rings (SSSR count). The predicted octanol–water partition coefficient (Wildman–Crippen LogP) is 2.55. The Bertz CT molecular complexity index is 531. The average Bonchev–Trinajstić information content (AvgIpc) is 2.83. The minimum Gasteiger partial charge on any atom is -0.464 e. The second-order valence-electron chi connectivity index (χ2n) is 3.13. The highest BCUT2D eigenvalue weighted by molar-refractivity contribution is 7.24. The number of hydrogen-bond donors (Lipinski definition) is 1. The van der Waals surface area contributed by atoms with Crippen LogP contribution in [0.3, 0.4) is 0 Å². The number of esters is 1. The standard InChI is InChI=1S/C10H10N2O2S2/c1-5-3-4-6(15-5)8-7(9(13)14-2)12-10(11)16-8/h3-4H,1-2H3,(H2,11,12). The number of ether oxygens (including phenoxy) is 1. The number of methoxy groups -OCH3 is 1. The van der Waals surface area contributed by atoms with Crippen molar-refractivity contribution >= 4 is 33.8 Å². The fourth-order valence-corrected chi connectivity index (χ4v) is 3.09. The number of thiazole rings is 1. The van der Waals surface area contributed by atoms with Gasteiger partial charge in [-0.1, -0.05) is 11.3 Å². The van der Waals surface area contributed by atoms with Crippen molar-refractivity contribution in [2.75, 3.05) is 12.8 Å². The minimum atomic E-state index is -0.450. The van der Waals surface area contributed by atoms with Crippen LogP contribution in [-0.2, 0) is 4.74 Å². The molecule has 0 amide bonds. The minimum absolute atomic E-state index is 0.298. The summed E-state index contributed by atoms with van der Waals surface area (Å²) >= 11 is 2.90. The maximum absolute atomic E-state index is 11.5. The van der Waals surface area contributed by atoms with Crippen molar-refractivity contribution in [3.05, 3.63) is 22.7 Å². The largest absolute Gasteiger partial charge is 0.464 e. The number of anilines is 1. The molecular weight excluding hydrogens is 244 g/mol. The molecule has 2 heterocycles. The molecule has 0 aliphatic carbocycles. The zero-order valence-electron chi connectivity index (χ0n) is 8.81. The van der Waals surface area contributed by atoms with Crippen LogP contribution in [0, 0.1) is 6.92 Å². The van der Waals surface area contributed by atoms with E-state index in [1.54, 1.807) is 11.3 Å². The molecule has 0 fully saturated rings. The van der Waals surface area contributed by atoms with Gasteiger partial charge in [0.1, 0.15) is 0 Å². The topological polar surface area (TPSA) is 65.2 Å².